The number of rotatable bonds is 4. The molecule has 1 N–H and O–H groups in total. The lowest BCUT2D eigenvalue weighted by molar-refractivity contribution is -0.120. The molecule has 0 radical (unpaired) electrons. The largest absolute Gasteiger partial charge is 0.361 e. The van der Waals surface area contributed by atoms with Gasteiger partial charge in [-0.3, -0.25) is 4.79 Å². The maximum atomic E-state index is 11.0. The number of hydrogen-bond donors (Lipinski definition) is 1. The Morgan fingerprint density at radius 2 is 2.33 bits per heavy atom. The zero-order chi connectivity index (χ0) is 13.0. The van der Waals surface area contributed by atoms with Gasteiger partial charge in [0.05, 0.1) is 12.6 Å². The van der Waals surface area contributed by atoms with Gasteiger partial charge in [0, 0.05) is 6.07 Å². The fourth-order valence-corrected chi connectivity index (χ4v) is 1.21. The predicted molar refractivity (Wildman–Crippen MR) is 56.6 cm³/mol. The van der Waals surface area contributed by atoms with E-state index in [9.17, 15) is 4.79 Å². The summed E-state index contributed by atoms with van der Waals surface area (Å²) < 4.78 is 9.80. The first-order valence-corrected chi connectivity index (χ1v) is 5.09. The quantitative estimate of drug-likeness (QED) is 0.838. The van der Waals surface area contributed by atoms with Crippen molar-refractivity contribution in [2.24, 2.45) is 0 Å². The van der Waals surface area contributed by atoms with Crippen LogP contribution < -0.4 is 5.32 Å². The normalized spacial score (nSPS) is 10.0. The van der Waals surface area contributed by atoms with Gasteiger partial charge in [-0.15, -0.1) is 0 Å². The Bertz CT molecular complexity index is 595. The molecule has 0 atom stereocenters. The van der Waals surface area contributed by atoms with Crippen LogP contribution in [0.15, 0.2) is 15.1 Å². The van der Waals surface area contributed by atoms with Crippen LogP contribution in [0.4, 0.5) is 0 Å². The molecular weight excluding hydrogens is 238 g/mol. The first-order chi connectivity index (χ1) is 8.69. The molecule has 0 aliphatic heterocycles. The highest BCUT2D eigenvalue weighted by Crippen LogP contribution is 2.14. The zero-order valence-corrected chi connectivity index (χ0v) is 9.51. The molecule has 1 amide bonds. The van der Waals surface area contributed by atoms with E-state index in [1.807, 2.05) is 0 Å². The second-order valence-corrected chi connectivity index (χ2v) is 3.45. The fourth-order valence-electron chi connectivity index (χ4n) is 1.21. The Morgan fingerprint density at radius 3 is 3.00 bits per heavy atom. The van der Waals surface area contributed by atoms with Crippen LogP contribution in [0.3, 0.4) is 0 Å². The second kappa shape index (κ2) is 5.09. The molecule has 0 aromatic carbocycles. The smallest absolute Gasteiger partial charge is 0.246 e. The molecule has 2 aromatic rings. The van der Waals surface area contributed by atoms with Crippen LogP contribution in [0.5, 0.6) is 0 Å². The van der Waals surface area contributed by atoms with Gasteiger partial charge in [-0.25, -0.2) is 0 Å². The van der Waals surface area contributed by atoms with Crippen molar-refractivity contribution in [2.45, 2.75) is 19.9 Å². The summed E-state index contributed by atoms with van der Waals surface area (Å²) in [6.07, 6.45) is -0.205. The molecule has 0 aliphatic rings. The Balaban J connectivity index is 1.99. The van der Waals surface area contributed by atoms with Crippen LogP contribution in [-0.4, -0.2) is 21.2 Å². The van der Waals surface area contributed by atoms with Gasteiger partial charge >= 0.3 is 0 Å². The van der Waals surface area contributed by atoms with E-state index in [1.54, 1.807) is 19.1 Å². The fraction of sp³-hybridized carbons (Fsp3) is 0.300. The summed E-state index contributed by atoms with van der Waals surface area (Å²) in [7, 11) is 0. The lowest BCUT2D eigenvalue weighted by atomic mass is 10.4. The van der Waals surface area contributed by atoms with E-state index in [0.29, 0.717) is 11.5 Å². The van der Waals surface area contributed by atoms with Crippen molar-refractivity contribution in [1.29, 1.82) is 5.26 Å². The molecule has 0 aliphatic carbocycles. The minimum absolute atomic E-state index is 0.0738. The number of amides is 1. The highest BCUT2D eigenvalue weighted by molar-refractivity contribution is 5.77. The van der Waals surface area contributed by atoms with Crippen molar-refractivity contribution in [3.8, 4) is 17.6 Å². The molecule has 92 valence electrons. The number of carbonyl (C=O) groups excluding carboxylic acids is 1. The number of hydrogen-bond acceptors (Lipinski definition) is 7. The van der Waals surface area contributed by atoms with E-state index < -0.39 is 5.91 Å². The van der Waals surface area contributed by atoms with E-state index in [2.05, 4.69) is 20.6 Å². The highest BCUT2D eigenvalue weighted by Gasteiger charge is 2.12. The number of carbonyl (C=O) groups is 1. The van der Waals surface area contributed by atoms with Crippen LogP contribution in [0.1, 0.15) is 18.1 Å². The summed E-state index contributed by atoms with van der Waals surface area (Å²) >= 11 is 0. The number of aromatic nitrogens is 3. The van der Waals surface area contributed by atoms with Crippen LogP contribution in [-0.2, 0) is 11.3 Å². The Morgan fingerprint density at radius 1 is 1.50 bits per heavy atom. The van der Waals surface area contributed by atoms with Gasteiger partial charge in [0.1, 0.15) is 12.2 Å². The maximum Gasteiger partial charge on any atom is 0.246 e. The van der Waals surface area contributed by atoms with Crippen molar-refractivity contribution in [3.63, 3.8) is 0 Å². The van der Waals surface area contributed by atoms with E-state index in [-0.39, 0.29) is 24.7 Å². The minimum atomic E-state index is -0.394. The molecular formula is C10H9N5O3. The molecule has 18 heavy (non-hydrogen) atoms. The molecule has 2 rings (SSSR count). The van der Waals surface area contributed by atoms with Crippen molar-refractivity contribution in [2.75, 3.05) is 0 Å². The maximum absolute atomic E-state index is 11.0. The van der Waals surface area contributed by atoms with Gasteiger partial charge in [0.2, 0.25) is 17.6 Å². The van der Waals surface area contributed by atoms with E-state index in [0.717, 1.165) is 0 Å². The Hall–Kier alpha value is -2.69. The van der Waals surface area contributed by atoms with Gasteiger partial charge in [0.15, 0.2) is 5.69 Å². The number of aryl methyl sites for hydroxylation is 1. The third-order valence-electron chi connectivity index (χ3n) is 2.00. The predicted octanol–water partition coefficient (Wildman–Crippen LogP) is 0.563. The highest BCUT2D eigenvalue weighted by atomic mass is 16.5. The first kappa shape index (κ1) is 11.8. The summed E-state index contributed by atoms with van der Waals surface area (Å²) in [5.74, 6) is 0.765. The van der Waals surface area contributed by atoms with Crippen molar-refractivity contribution < 1.29 is 13.8 Å². The van der Waals surface area contributed by atoms with Gasteiger partial charge in [-0.05, 0) is 6.92 Å². The molecule has 0 unspecified atom stereocenters. The molecule has 2 aromatic heterocycles. The monoisotopic (exact) mass is 247 g/mol. The van der Waals surface area contributed by atoms with Gasteiger partial charge in [0.25, 0.3) is 0 Å². The molecule has 0 spiro atoms. The average Bonchev–Trinajstić information content (AvgIpc) is 2.95. The summed E-state index contributed by atoms with van der Waals surface area (Å²) in [6, 6.07) is 3.41. The first-order valence-electron chi connectivity index (χ1n) is 5.09. The molecule has 0 saturated heterocycles. The molecule has 0 fully saturated rings. The van der Waals surface area contributed by atoms with Gasteiger partial charge < -0.3 is 14.4 Å². The molecule has 2 heterocycles. The standard InChI is InChI=1S/C10H9N5O3/c1-6-4-7(14-17-6)10-13-9(18-15-10)5-12-8(16)2-3-11/h4H,2,5H2,1H3,(H,12,16). The van der Waals surface area contributed by atoms with Gasteiger partial charge in [-0.1, -0.05) is 10.3 Å². The van der Waals surface area contributed by atoms with Gasteiger partial charge in [-0.2, -0.15) is 10.2 Å². The SMILES string of the molecule is Cc1cc(-c2noc(CNC(=O)CC#N)n2)no1. The Labute approximate surface area is 102 Å². The second-order valence-electron chi connectivity index (χ2n) is 3.45. The van der Waals surface area contributed by atoms with Crippen LogP contribution in [0, 0.1) is 18.3 Å². The molecule has 0 saturated carbocycles. The van der Waals surface area contributed by atoms with Crippen LogP contribution in [0.2, 0.25) is 0 Å². The summed E-state index contributed by atoms with van der Waals surface area (Å²) in [5, 5.41) is 18.2. The third-order valence-corrected chi connectivity index (χ3v) is 2.00. The zero-order valence-electron chi connectivity index (χ0n) is 9.51. The number of nitrogens with zero attached hydrogens (tertiary/aromatic N) is 4. The van der Waals surface area contributed by atoms with E-state index in [4.69, 9.17) is 14.3 Å². The molecule has 8 heteroatoms. The summed E-state index contributed by atoms with van der Waals surface area (Å²) in [6.45, 7) is 1.82. The topological polar surface area (TPSA) is 118 Å². The van der Waals surface area contributed by atoms with Crippen molar-refractivity contribution in [1.82, 2.24) is 20.6 Å². The Kier molecular flexibility index (Phi) is 3.33. The minimum Gasteiger partial charge on any atom is -0.361 e. The van der Waals surface area contributed by atoms with Crippen LogP contribution in [0.25, 0.3) is 11.5 Å². The lowest BCUT2D eigenvalue weighted by Crippen LogP contribution is -2.21. The van der Waals surface area contributed by atoms with E-state index in [1.165, 1.54) is 0 Å². The summed E-state index contributed by atoms with van der Waals surface area (Å²) in [4.78, 5) is 15.1. The third kappa shape index (κ3) is 2.70. The van der Waals surface area contributed by atoms with Crippen molar-refractivity contribution >= 4 is 5.91 Å². The molecule has 8 nitrogen and oxygen atoms in total. The van der Waals surface area contributed by atoms with E-state index >= 15 is 0 Å². The van der Waals surface area contributed by atoms with Crippen LogP contribution >= 0.6 is 0 Å². The molecule has 0 bridgehead atoms. The van der Waals surface area contributed by atoms with Crippen molar-refractivity contribution in [3.05, 3.63) is 17.7 Å². The average molecular weight is 247 g/mol. The lowest BCUT2D eigenvalue weighted by Gasteiger charge is -1.95. The summed E-state index contributed by atoms with van der Waals surface area (Å²) in [5.41, 5.74) is 0.464. The number of nitrogens with one attached hydrogen (secondary N) is 1. The number of nitriles is 1.